The molecular formula is C17H24F3N3O3S. The van der Waals surface area contributed by atoms with Crippen LogP contribution in [0.5, 0.6) is 0 Å². The van der Waals surface area contributed by atoms with Gasteiger partial charge in [0.05, 0.1) is 0 Å². The molecule has 0 atom stereocenters. The molecular weight excluding hydrogens is 383 g/mol. The van der Waals surface area contributed by atoms with E-state index in [9.17, 15) is 18.0 Å². The quantitative estimate of drug-likeness (QED) is 0.789. The van der Waals surface area contributed by atoms with Crippen molar-refractivity contribution in [3.8, 4) is 0 Å². The van der Waals surface area contributed by atoms with E-state index in [-0.39, 0.29) is 6.03 Å². The number of urea groups is 1. The SMILES string of the molecule is NC(=O)N1CCC2(CCN(Cc3cccs3)CC2)CC1.O=C(O)C(F)(F)F. The number of carbonyl (C=O) groups is 2. The van der Waals surface area contributed by atoms with Crippen LogP contribution in [0.3, 0.4) is 0 Å². The average Bonchev–Trinajstić information content (AvgIpc) is 3.10. The Morgan fingerprint density at radius 2 is 1.67 bits per heavy atom. The Bertz CT molecular complexity index is 619. The molecule has 2 fully saturated rings. The van der Waals surface area contributed by atoms with Crippen LogP contribution in [0.15, 0.2) is 17.5 Å². The molecule has 0 aliphatic carbocycles. The Morgan fingerprint density at radius 3 is 2.07 bits per heavy atom. The third kappa shape index (κ3) is 6.39. The van der Waals surface area contributed by atoms with Crippen molar-refractivity contribution < 1.29 is 27.9 Å². The number of piperidine rings is 2. The molecule has 0 saturated carbocycles. The highest BCUT2D eigenvalue weighted by molar-refractivity contribution is 7.09. The number of primary amides is 1. The van der Waals surface area contributed by atoms with E-state index >= 15 is 0 Å². The molecule has 2 amide bonds. The summed E-state index contributed by atoms with van der Waals surface area (Å²) < 4.78 is 31.7. The molecule has 2 aliphatic rings. The van der Waals surface area contributed by atoms with Gasteiger partial charge < -0.3 is 15.7 Å². The number of hydrogen-bond donors (Lipinski definition) is 2. The van der Waals surface area contributed by atoms with Gasteiger partial charge in [-0.2, -0.15) is 13.2 Å². The van der Waals surface area contributed by atoms with Crippen LogP contribution in [0.1, 0.15) is 30.6 Å². The van der Waals surface area contributed by atoms with Gasteiger partial charge in [0.1, 0.15) is 0 Å². The fraction of sp³-hybridized carbons (Fsp3) is 0.647. The maximum Gasteiger partial charge on any atom is 0.490 e. The third-order valence-electron chi connectivity index (χ3n) is 5.25. The van der Waals surface area contributed by atoms with Crippen LogP contribution in [-0.4, -0.2) is 59.3 Å². The van der Waals surface area contributed by atoms with Gasteiger partial charge in [-0.05, 0) is 55.6 Å². The maximum absolute atomic E-state index is 11.2. The number of rotatable bonds is 2. The smallest absolute Gasteiger partial charge is 0.475 e. The van der Waals surface area contributed by atoms with Crippen LogP contribution in [0.2, 0.25) is 0 Å². The molecule has 2 aliphatic heterocycles. The van der Waals surface area contributed by atoms with Gasteiger partial charge in [0.25, 0.3) is 0 Å². The van der Waals surface area contributed by atoms with Crippen LogP contribution in [-0.2, 0) is 11.3 Å². The molecule has 6 nitrogen and oxygen atoms in total. The van der Waals surface area contributed by atoms with E-state index in [0.29, 0.717) is 5.41 Å². The van der Waals surface area contributed by atoms with Crippen LogP contribution < -0.4 is 5.73 Å². The molecule has 1 aromatic heterocycles. The Hall–Kier alpha value is -1.81. The van der Waals surface area contributed by atoms with E-state index in [1.807, 2.05) is 11.3 Å². The molecule has 1 spiro atoms. The zero-order valence-corrected chi connectivity index (χ0v) is 15.7. The number of alkyl halides is 3. The Labute approximate surface area is 159 Å². The van der Waals surface area contributed by atoms with Crippen molar-refractivity contribution in [1.29, 1.82) is 0 Å². The number of thiophene rings is 1. The number of likely N-dealkylation sites (tertiary alicyclic amines) is 2. The lowest BCUT2D eigenvalue weighted by Crippen LogP contribution is -2.49. The number of hydrogen-bond acceptors (Lipinski definition) is 4. The molecule has 27 heavy (non-hydrogen) atoms. The van der Waals surface area contributed by atoms with E-state index < -0.39 is 12.1 Å². The first kappa shape index (κ1) is 21.5. The molecule has 152 valence electrons. The summed E-state index contributed by atoms with van der Waals surface area (Å²) in [5, 5.41) is 9.28. The van der Waals surface area contributed by atoms with Gasteiger partial charge in [-0.15, -0.1) is 11.3 Å². The number of carbonyl (C=O) groups excluding carboxylic acids is 1. The number of aliphatic carboxylic acids is 1. The van der Waals surface area contributed by atoms with Gasteiger partial charge in [0, 0.05) is 24.5 Å². The maximum atomic E-state index is 11.2. The predicted octanol–water partition coefficient (Wildman–Crippen LogP) is 3.14. The number of nitrogens with zero attached hydrogens (tertiary/aromatic N) is 2. The summed E-state index contributed by atoms with van der Waals surface area (Å²) in [4.78, 5) is 25.9. The zero-order valence-electron chi connectivity index (χ0n) is 14.9. The first-order chi connectivity index (χ1) is 12.6. The highest BCUT2D eigenvalue weighted by Crippen LogP contribution is 2.41. The molecule has 0 unspecified atom stereocenters. The molecule has 0 bridgehead atoms. The Kier molecular flexibility index (Phi) is 7.10. The van der Waals surface area contributed by atoms with Crippen molar-refractivity contribution in [2.75, 3.05) is 26.2 Å². The Morgan fingerprint density at radius 1 is 1.15 bits per heavy atom. The second-order valence-corrected chi connectivity index (χ2v) is 8.02. The second kappa shape index (κ2) is 8.92. The first-order valence-electron chi connectivity index (χ1n) is 8.71. The number of carboxylic acid groups (broad SMARTS) is 1. The molecule has 3 rings (SSSR count). The standard InChI is InChI=1S/C15H23N3OS.C2HF3O2/c16-14(19)18-9-5-15(6-10-18)3-7-17(8-4-15)12-13-2-1-11-20-13;3-2(4,5)1(6)7/h1-2,11H,3-10,12H2,(H2,16,19);(H,6,7). The summed E-state index contributed by atoms with van der Waals surface area (Å²) in [7, 11) is 0. The van der Waals surface area contributed by atoms with Crippen LogP contribution in [0.25, 0.3) is 0 Å². The zero-order chi connectivity index (χ0) is 20.1. The van der Waals surface area contributed by atoms with Crippen molar-refractivity contribution in [2.45, 2.75) is 38.4 Å². The summed E-state index contributed by atoms with van der Waals surface area (Å²) >= 11 is 1.85. The van der Waals surface area contributed by atoms with E-state index in [2.05, 4.69) is 22.4 Å². The van der Waals surface area contributed by atoms with Crippen molar-refractivity contribution in [3.05, 3.63) is 22.4 Å². The summed E-state index contributed by atoms with van der Waals surface area (Å²) in [5.74, 6) is -2.76. The first-order valence-corrected chi connectivity index (χ1v) is 9.58. The van der Waals surface area contributed by atoms with Crippen molar-refractivity contribution in [2.24, 2.45) is 11.1 Å². The molecule has 0 aromatic carbocycles. The van der Waals surface area contributed by atoms with Crippen LogP contribution in [0.4, 0.5) is 18.0 Å². The molecule has 1 aromatic rings. The normalized spacial score (nSPS) is 20.0. The minimum absolute atomic E-state index is 0.255. The highest BCUT2D eigenvalue weighted by Gasteiger charge is 2.39. The van der Waals surface area contributed by atoms with Gasteiger partial charge in [-0.3, -0.25) is 4.90 Å². The fourth-order valence-corrected chi connectivity index (χ4v) is 4.26. The minimum Gasteiger partial charge on any atom is -0.475 e. The predicted molar refractivity (Wildman–Crippen MR) is 95.3 cm³/mol. The molecule has 10 heteroatoms. The second-order valence-electron chi connectivity index (χ2n) is 6.98. The van der Waals surface area contributed by atoms with E-state index in [4.69, 9.17) is 15.6 Å². The number of amides is 2. The summed E-state index contributed by atoms with van der Waals surface area (Å²) in [6, 6.07) is 4.10. The van der Waals surface area contributed by atoms with Crippen molar-refractivity contribution >= 4 is 23.3 Å². The van der Waals surface area contributed by atoms with Gasteiger partial charge in [-0.25, -0.2) is 9.59 Å². The van der Waals surface area contributed by atoms with E-state index in [1.54, 1.807) is 4.90 Å². The number of halogens is 3. The van der Waals surface area contributed by atoms with Gasteiger partial charge in [0.2, 0.25) is 0 Å². The van der Waals surface area contributed by atoms with Crippen LogP contribution >= 0.6 is 11.3 Å². The average molecular weight is 407 g/mol. The van der Waals surface area contributed by atoms with Gasteiger partial charge in [0.15, 0.2) is 0 Å². The largest absolute Gasteiger partial charge is 0.490 e. The summed E-state index contributed by atoms with van der Waals surface area (Å²) in [6.07, 6.45) is -0.290. The van der Waals surface area contributed by atoms with Crippen molar-refractivity contribution in [1.82, 2.24) is 9.80 Å². The minimum atomic E-state index is -5.08. The topological polar surface area (TPSA) is 86.9 Å². The third-order valence-corrected chi connectivity index (χ3v) is 6.12. The molecule has 3 N–H and O–H groups in total. The van der Waals surface area contributed by atoms with E-state index in [0.717, 1.165) is 32.5 Å². The van der Waals surface area contributed by atoms with Gasteiger partial charge >= 0.3 is 18.2 Å². The lowest BCUT2D eigenvalue weighted by atomic mass is 9.71. The summed E-state index contributed by atoms with van der Waals surface area (Å²) in [6.45, 7) is 5.17. The Balaban J connectivity index is 0.000000321. The molecule has 3 heterocycles. The fourth-order valence-electron chi connectivity index (χ4n) is 3.51. The highest BCUT2D eigenvalue weighted by atomic mass is 32.1. The van der Waals surface area contributed by atoms with E-state index in [1.165, 1.54) is 30.8 Å². The van der Waals surface area contributed by atoms with Crippen LogP contribution in [0, 0.1) is 5.41 Å². The molecule has 0 radical (unpaired) electrons. The summed E-state index contributed by atoms with van der Waals surface area (Å²) in [5.41, 5.74) is 5.83. The van der Waals surface area contributed by atoms with Gasteiger partial charge in [-0.1, -0.05) is 6.07 Å². The molecule has 2 saturated heterocycles. The number of nitrogens with two attached hydrogens (primary N) is 1. The lowest BCUT2D eigenvalue weighted by Gasteiger charge is -2.46. The van der Waals surface area contributed by atoms with Crippen molar-refractivity contribution in [3.63, 3.8) is 0 Å². The lowest BCUT2D eigenvalue weighted by molar-refractivity contribution is -0.192. The number of carboxylic acids is 1. The monoisotopic (exact) mass is 407 g/mol.